The summed E-state index contributed by atoms with van der Waals surface area (Å²) in [4.78, 5) is 11.0. The first-order valence-electron chi connectivity index (χ1n) is 8.13. The minimum absolute atomic E-state index is 0.174. The summed E-state index contributed by atoms with van der Waals surface area (Å²) in [6, 6.07) is 0. The molecule has 1 aliphatic rings. The monoisotopic (exact) mass is 292 g/mol. The molecular weight excluding hydrogens is 260 g/mol. The van der Waals surface area contributed by atoms with Gasteiger partial charge in [0, 0.05) is 0 Å². The van der Waals surface area contributed by atoms with Crippen molar-refractivity contribution in [1.29, 1.82) is 0 Å². The van der Waals surface area contributed by atoms with Crippen molar-refractivity contribution in [2.24, 2.45) is 16.7 Å². The van der Waals surface area contributed by atoms with Crippen molar-refractivity contribution in [1.82, 2.24) is 0 Å². The molecule has 0 aromatic heterocycles. The van der Waals surface area contributed by atoms with E-state index in [4.69, 9.17) is 5.11 Å². The van der Waals surface area contributed by atoms with Gasteiger partial charge in [0.15, 0.2) is 0 Å². The van der Waals surface area contributed by atoms with Crippen molar-refractivity contribution in [3.63, 3.8) is 0 Å². The number of rotatable bonds is 5. The van der Waals surface area contributed by atoms with Gasteiger partial charge in [-0.05, 0) is 49.9 Å². The highest BCUT2D eigenvalue weighted by Crippen LogP contribution is 2.39. The molecule has 1 aliphatic carbocycles. The highest BCUT2D eigenvalue weighted by molar-refractivity contribution is 5.70. The van der Waals surface area contributed by atoms with Crippen LogP contribution in [0.25, 0.3) is 0 Å². The van der Waals surface area contributed by atoms with Crippen molar-refractivity contribution in [2.75, 3.05) is 0 Å². The van der Waals surface area contributed by atoms with E-state index in [2.05, 4.69) is 53.7 Å². The summed E-state index contributed by atoms with van der Waals surface area (Å²) >= 11 is 0. The maximum absolute atomic E-state index is 11.0. The van der Waals surface area contributed by atoms with E-state index < -0.39 is 5.97 Å². The number of allylic oxidation sites excluding steroid dienone is 4. The average Bonchev–Trinajstić information content (AvgIpc) is 2.37. The van der Waals surface area contributed by atoms with Crippen LogP contribution in [0.5, 0.6) is 0 Å². The molecule has 0 aromatic carbocycles. The fourth-order valence-electron chi connectivity index (χ4n) is 2.79. The standard InChI is InChI=1S/C19H32O2/c1-14(18(2,3)4)8-7-13-19(5,6)16-11-9-15(10-12-16)17(20)21/h8,11,15H,7,9-10,12-13H2,1-6H3,(H,20,21)/b14-8+. The Balaban J connectivity index is 2.61. The summed E-state index contributed by atoms with van der Waals surface area (Å²) in [5, 5.41) is 9.07. The largest absolute Gasteiger partial charge is 0.481 e. The van der Waals surface area contributed by atoms with Gasteiger partial charge in [0.2, 0.25) is 0 Å². The molecule has 1 atom stereocenters. The number of aliphatic carboxylic acids is 1. The van der Waals surface area contributed by atoms with Gasteiger partial charge in [0.25, 0.3) is 0 Å². The van der Waals surface area contributed by atoms with Gasteiger partial charge >= 0.3 is 5.97 Å². The average molecular weight is 292 g/mol. The maximum atomic E-state index is 11.0. The normalized spacial score (nSPS) is 21.1. The molecule has 0 heterocycles. The van der Waals surface area contributed by atoms with Gasteiger partial charge in [-0.2, -0.15) is 0 Å². The molecule has 0 fully saturated rings. The van der Waals surface area contributed by atoms with Crippen LogP contribution >= 0.6 is 0 Å². The van der Waals surface area contributed by atoms with Gasteiger partial charge in [-0.25, -0.2) is 0 Å². The van der Waals surface area contributed by atoms with Gasteiger partial charge in [-0.1, -0.05) is 57.9 Å². The van der Waals surface area contributed by atoms with E-state index in [0.717, 1.165) is 25.7 Å². The van der Waals surface area contributed by atoms with Crippen molar-refractivity contribution in [2.45, 2.75) is 73.6 Å². The molecule has 0 saturated heterocycles. The van der Waals surface area contributed by atoms with Crippen LogP contribution in [0, 0.1) is 16.7 Å². The Labute approximate surface area is 130 Å². The van der Waals surface area contributed by atoms with E-state index in [9.17, 15) is 4.79 Å². The van der Waals surface area contributed by atoms with Crippen LogP contribution in [0.4, 0.5) is 0 Å². The van der Waals surface area contributed by atoms with E-state index in [1.54, 1.807) is 0 Å². The van der Waals surface area contributed by atoms with Crippen LogP contribution in [-0.4, -0.2) is 11.1 Å². The second-order valence-electron chi connectivity index (χ2n) is 8.10. The lowest BCUT2D eigenvalue weighted by atomic mass is 9.73. The van der Waals surface area contributed by atoms with E-state index in [-0.39, 0.29) is 16.7 Å². The van der Waals surface area contributed by atoms with E-state index in [1.807, 2.05) is 0 Å². The van der Waals surface area contributed by atoms with Gasteiger partial charge in [0.1, 0.15) is 0 Å². The van der Waals surface area contributed by atoms with Gasteiger partial charge in [-0.3, -0.25) is 4.79 Å². The van der Waals surface area contributed by atoms with Gasteiger partial charge in [0.05, 0.1) is 5.92 Å². The van der Waals surface area contributed by atoms with Crippen molar-refractivity contribution >= 4 is 5.97 Å². The predicted octanol–water partition coefficient (Wildman–Crippen LogP) is 5.60. The Hall–Kier alpha value is -1.05. The third kappa shape index (κ3) is 5.33. The molecule has 2 heteroatoms. The molecule has 0 amide bonds. The maximum Gasteiger partial charge on any atom is 0.306 e. The van der Waals surface area contributed by atoms with Crippen molar-refractivity contribution < 1.29 is 9.90 Å². The second-order valence-corrected chi connectivity index (χ2v) is 8.10. The zero-order chi connectivity index (χ0) is 16.3. The third-order valence-electron chi connectivity index (χ3n) is 5.03. The molecule has 120 valence electrons. The van der Waals surface area contributed by atoms with Crippen LogP contribution < -0.4 is 0 Å². The molecule has 0 aliphatic heterocycles. The fraction of sp³-hybridized carbons (Fsp3) is 0.737. The number of carbonyl (C=O) groups is 1. The number of carboxylic acid groups (broad SMARTS) is 1. The zero-order valence-electron chi connectivity index (χ0n) is 14.6. The molecule has 0 saturated carbocycles. The van der Waals surface area contributed by atoms with E-state index >= 15 is 0 Å². The van der Waals surface area contributed by atoms with Crippen LogP contribution in [0.3, 0.4) is 0 Å². The Bertz CT molecular complexity index is 433. The summed E-state index contributed by atoms with van der Waals surface area (Å²) in [6.07, 6.45) is 9.20. The fourth-order valence-corrected chi connectivity index (χ4v) is 2.79. The molecule has 0 radical (unpaired) electrons. The molecule has 0 spiro atoms. The van der Waals surface area contributed by atoms with E-state index in [1.165, 1.54) is 11.1 Å². The van der Waals surface area contributed by atoms with Crippen LogP contribution in [0.2, 0.25) is 0 Å². The number of hydrogen-bond acceptors (Lipinski definition) is 1. The Kier molecular flexibility index (Phi) is 5.83. The minimum atomic E-state index is -0.646. The first kappa shape index (κ1) is 18.0. The van der Waals surface area contributed by atoms with Crippen molar-refractivity contribution in [3.05, 3.63) is 23.3 Å². The molecule has 0 bridgehead atoms. The summed E-state index contributed by atoms with van der Waals surface area (Å²) in [5.74, 6) is -0.820. The Morgan fingerprint density at radius 1 is 1.33 bits per heavy atom. The molecular formula is C19H32O2. The number of carboxylic acids is 1. The highest BCUT2D eigenvalue weighted by atomic mass is 16.4. The highest BCUT2D eigenvalue weighted by Gasteiger charge is 2.28. The third-order valence-corrected chi connectivity index (χ3v) is 5.03. The number of hydrogen-bond donors (Lipinski definition) is 1. The smallest absolute Gasteiger partial charge is 0.306 e. The first-order valence-corrected chi connectivity index (χ1v) is 8.13. The lowest BCUT2D eigenvalue weighted by molar-refractivity contribution is -0.142. The Morgan fingerprint density at radius 2 is 1.95 bits per heavy atom. The zero-order valence-corrected chi connectivity index (χ0v) is 14.6. The molecule has 1 unspecified atom stereocenters. The first-order chi connectivity index (χ1) is 9.54. The SMILES string of the molecule is C/C(=C\CCC(C)(C)C1=CCC(C(=O)O)CC1)C(C)(C)C. The van der Waals surface area contributed by atoms with Gasteiger partial charge < -0.3 is 5.11 Å². The van der Waals surface area contributed by atoms with Crippen molar-refractivity contribution in [3.8, 4) is 0 Å². The van der Waals surface area contributed by atoms with Crippen LogP contribution in [0.15, 0.2) is 23.3 Å². The quantitative estimate of drug-likeness (QED) is 0.670. The molecule has 1 rings (SSSR count). The lowest BCUT2D eigenvalue weighted by Gasteiger charge is -2.32. The Morgan fingerprint density at radius 3 is 2.38 bits per heavy atom. The topological polar surface area (TPSA) is 37.3 Å². The van der Waals surface area contributed by atoms with Crippen LogP contribution in [0.1, 0.15) is 73.6 Å². The summed E-state index contributed by atoms with van der Waals surface area (Å²) < 4.78 is 0. The molecule has 21 heavy (non-hydrogen) atoms. The molecule has 0 aromatic rings. The predicted molar refractivity (Wildman–Crippen MR) is 89.3 cm³/mol. The second kappa shape index (κ2) is 6.81. The van der Waals surface area contributed by atoms with E-state index in [0.29, 0.717) is 6.42 Å². The molecule has 2 nitrogen and oxygen atoms in total. The summed E-state index contributed by atoms with van der Waals surface area (Å²) in [5.41, 5.74) is 3.32. The van der Waals surface area contributed by atoms with Gasteiger partial charge in [-0.15, -0.1) is 0 Å². The van der Waals surface area contributed by atoms with Crippen LogP contribution in [-0.2, 0) is 4.79 Å². The minimum Gasteiger partial charge on any atom is -0.481 e. The summed E-state index contributed by atoms with van der Waals surface area (Å²) in [6.45, 7) is 13.5. The molecule has 1 N–H and O–H groups in total. The summed E-state index contributed by atoms with van der Waals surface area (Å²) in [7, 11) is 0. The lowest BCUT2D eigenvalue weighted by Crippen LogP contribution is -2.22.